The first-order chi connectivity index (χ1) is 8.21. The SMILES string of the molecule is COc1ccc(OC)c(CCN(C)CNN)c1. The smallest absolute Gasteiger partial charge is 0.122 e. The van der Waals surface area contributed by atoms with Crippen LogP contribution in [0.5, 0.6) is 11.5 Å². The Hall–Kier alpha value is -1.30. The van der Waals surface area contributed by atoms with E-state index < -0.39 is 0 Å². The van der Waals surface area contributed by atoms with Crippen molar-refractivity contribution in [1.29, 1.82) is 0 Å². The molecule has 0 saturated carbocycles. The standard InChI is InChI=1S/C12H21N3O2/c1-15(9-14-13)7-6-10-8-11(16-2)4-5-12(10)17-3/h4-5,8,14H,6-7,9,13H2,1-3H3. The van der Waals surface area contributed by atoms with Gasteiger partial charge in [0.15, 0.2) is 0 Å². The molecule has 17 heavy (non-hydrogen) atoms. The van der Waals surface area contributed by atoms with Gasteiger partial charge in [0, 0.05) is 6.54 Å². The van der Waals surface area contributed by atoms with Gasteiger partial charge in [-0.3, -0.25) is 10.7 Å². The first-order valence-electron chi connectivity index (χ1n) is 5.54. The van der Waals surface area contributed by atoms with E-state index in [4.69, 9.17) is 15.3 Å². The lowest BCUT2D eigenvalue weighted by atomic mass is 10.1. The largest absolute Gasteiger partial charge is 0.497 e. The van der Waals surface area contributed by atoms with Crippen LogP contribution >= 0.6 is 0 Å². The van der Waals surface area contributed by atoms with E-state index in [0.717, 1.165) is 30.0 Å². The number of nitrogens with two attached hydrogens (primary N) is 1. The highest BCUT2D eigenvalue weighted by Crippen LogP contribution is 2.24. The van der Waals surface area contributed by atoms with Crippen molar-refractivity contribution in [2.45, 2.75) is 6.42 Å². The monoisotopic (exact) mass is 239 g/mol. The van der Waals surface area contributed by atoms with E-state index in [2.05, 4.69) is 10.3 Å². The molecule has 0 aliphatic carbocycles. The number of nitrogens with one attached hydrogen (secondary N) is 1. The van der Waals surface area contributed by atoms with E-state index in [1.165, 1.54) is 0 Å². The Kier molecular flexibility index (Phi) is 5.76. The molecule has 0 aromatic heterocycles. The summed E-state index contributed by atoms with van der Waals surface area (Å²) in [6, 6.07) is 5.82. The van der Waals surface area contributed by atoms with Crippen LogP contribution in [-0.4, -0.2) is 39.4 Å². The van der Waals surface area contributed by atoms with Crippen LogP contribution in [0.3, 0.4) is 0 Å². The Balaban J connectivity index is 2.67. The molecule has 3 N–H and O–H groups in total. The van der Waals surface area contributed by atoms with Crippen LogP contribution in [0.4, 0.5) is 0 Å². The number of methoxy groups -OCH3 is 2. The molecule has 0 aliphatic rings. The van der Waals surface area contributed by atoms with Crippen LogP contribution < -0.4 is 20.7 Å². The first-order valence-corrected chi connectivity index (χ1v) is 5.54. The minimum absolute atomic E-state index is 0.659. The molecule has 5 nitrogen and oxygen atoms in total. The highest BCUT2D eigenvalue weighted by molar-refractivity contribution is 5.40. The van der Waals surface area contributed by atoms with Crippen LogP contribution in [0.15, 0.2) is 18.2 Å². The lowest BCUT2D eigenvalue weighted by Gasteiger charge is -2.17. The number of nitrogens with zero attached hydrogens (tertiary/aromatic N) is 1. The van der Waals surface area contributed by atoms with Crippen molar-refractivity contribution in [2.24, 2.45) is 5.84 Å². The summed E-state index contributed by atoms with van der Waals surface area (Å²) in [5, 5.41) is 0. The molecule has 0 heterocycles. The van der Waals surface area contributed by atoms with Crippen molar-refractivity contribution in [1.82, 2.24) is 10.3 Å². The summed E-state index contributed by atoms with van der Waals surface area (Å²) >= 11 is 0. The van der Waals surface area contributed by atoms with E-state index in [0.29, 0.717) is 6.67 Å². The van der Waals surface area contributed by atoms with Gasteiger partial charge >= 0.3 is 0 Å². The van der Waals surface area contributed by atoms with Gasteiger partial charge in [0.1, 0.15) is 11.5 Å². The number of rotatable bonds is 7. The maximum atomic E-state index is 5.32. The number of hydrogen-bond donors (Lipinski definition) is 2. The summed E-state index contributed by atoms with van der Waals surface area (Å²) in [7, 11) is 5.35. The van der Waals surface area contributed by atoms with E-state index in [-0.39, 0.29) is 0 Å². The fourth-order valence-electron chi connectivity index (χ4n) is 1.62. The van der Waals surface area contributed by atoms with Crippen LogP contribution in [0.2, 0.25) is 0 Å². The predicted octanol–water partition coefficient (Wildman–Crippen LogP) is 0.599. The number of benzene rings is 1. The van der Waals surface area contributed by atoms with Crippen molar-refractivity contribution in [3.05, 3.63) is 23.8 Å². The molecule has 0 atom stereocenters. The minimum atomic E-state index is 0.659. The Bertz CT molecular complexity index is 345. The second-order valence-corrected chi connectivity index (χ2v) is 3.87. The second kappa shape index (κ2) is 7.11. The average molecular weight is 239 g/mol. The van der Waals surface area contributed by atoms with Crippen LogP contribution in [-0.2, 0) is 6.42 Å². The van der Waals surface area contributed by atoms with Gasteiger partial charge in [-0.25, -0.2) is 5.43 Å². The highest BCUT2D eigenvalue weighted by Gasteiger charge is 2.06. The molecule has 96 valence electrons. The summed E-state index contributed by atoms with van der Waals surface area (Å²) in [4.78, 5) is 2.10. The van der Waals surface area contributed by atoms with E-state index >= 15 is 0 Å². The summed E-state index contributed by atoms with van der Waals surface area (Å²) in [6.45, 7) is 1.56. The molecule has 0 amide bonds. The lowest BCUT2D eigenvalue weighted by molar-refractivity contribution is 0.310. The maximum absolute atomic E-state index is 5.32. The molecule has 0 saturated heterocycles. The molecule has 0 unspecified atom stereocenters. The first kappa shape index (κ1) is 13.8. The van der Waals surface area contributed by atoms with Gasteiger partial charge in [-0.1, -0.05) is 0 Å². The molecule has 1 aromatic carbocycles. The third-order valence-corrected chi connectivity index (χ3v) is 2.61. The van der Waals surface area contributed by atoms with Crippen molar-refractivity contribution in [3.8, 4) is 11.5 Å². The molecule has 0 fully saturated rings. The van der Waals surface area contributed by atoms with Crippen LogP contribution in [0.1, 0.15) is 5.56 Å². The molecule has 0 aliphatic heterocycles. The van der Waals surface area contributed by atoms with E-state index in [9.17, 15) is 0 Å². The zero-order valence-electron chi connectivity index (χ0n) is 10.7. The van der Waals surface area contributed by atoms with Gasteiger partial charge in [-0.2, -0.15) is 0 Å². The topological polar surface area (TPSA) is 59.8 Å². The fraction of sp³-hybridized carbons (Fsp3) is 0.500. The molecule has 1 rings (SSSR count). The fourth-order valence-corrected chi connectivity index (χ4v) is 1.62. The van der Waals surface area contributed by atoms with Gasteiger partial charge in [0.25, 0.3) is 0 Å². The van der Waals surface area contributed by atoms with Crippen molar-refractivity contribution in [2.75, 3.05) is 34.5 Å². The molecular formula is C12H21N3O2. The summed E-state index contributed by atoms with van der Waals surface area (Å²) in [5.74, 6) is 7.00. The normalized spacial score (nSPS) is 10.6. The molecule has 0 radical (unpaired) electrons. The zero-order valence-corrected chi connectivity index (χ0v) is 10.7. The number of likely N-dealkylation sites (N-methyl/N-ethyl adjacent to an activating group) is 1. The number of hydrazine groups is 1. The predicted molar refractivity (Wildman–Crippen MR) is 68.1 cm³/mol. The molecule has 5 heteroatoms. The third kappa shape index (κ3) is 4.22. The van der Waals surface area contributed by atoms with Crippen molar-refractivity contribution < 1.29 is 9.47 Å². The molecule has 0 bridgehead atoms. The Morgan fingerprint density at radius 1 is 1.29 bits per heavy atom. The van der Waals surface area contributed by atoms with Crippen molar-refractivity contribution >= 4 is 0 Å². The Morgan fingerprint density at radius 2 is 2.06 bits per heavy atom. The Morgan fingerprint density at radius 3 is 2.65 bits per heavy atom. The van der Waals surface area contributed by atoms with E-state index in [1.54, 1.807) is 14.2 Å². The van der Waals surface area contributed by atoms with Crippen LogP contribution in [0, 0.1) is 0 Å². The molecular weight excluding hydrogens is 218 g/mol. The number of ether oxygens (including phenoxy) is 2. The van der Waals surface area contributed by atoms with Gasteiger partial charge < -0.3 is 9.47 Å². The highest BCUT2D eigenvalue weighted by atomic mass is 16.5. The van der Waals surface area contributed by atoms with Crippen LogP contribution in [0.25, 0.3) is 0 Å². The lowest BCUT2D eigenvalue weighted by Crippen LogP contribution is -2.36. The zero-order chi connectivity index (χ0) is 12.7. The summed E-state index contributed by atoms with van der Waals surface area (Å²) in [5.41, 5.74) is 3.76. The minimum Gasteiger partial charge on any atom is -0.497 e. The summed E-state index contributed by atoms with van der Waals surface area (Å²) < 4.78 is 10.5. The van der Waals surface area contributed by atoms with E-state index in [1.807, 2.05) is 25.2 Å². The third-order valence-electron chi connectivity index (χ3n) is 2.61. The quantitative estimate of drug-likeness (QED) is 0.414. The van der Waals surface area contributed by atoms with Crippen molar-refractivity contribution in [3.63, 3.8) is 0 Å². The summed E-state index contributed by atoms with van der Waals surface area (Å²) in [6.07, 6.45) is 0.887. The van der Waals surface area contributed by atoms with Gasteiger partial charge in [-0.15, -0.1) is 0 Å². The molecule has 1 aromatic rings. The van der Waals surface area contributed by atoms with Gasteiger partial charge in [0.2, 0.25) is 0 Å². The Labute approximate surface area is 102 Å². The van der Waals surface area contributed by atoms with Gasteiger partial charge in [0.05, 0.1) is 20.9 Å². The molecule has 0 spiro atoms. The van der Waals surface area contributed by atoms with Gasteiger partial charge in [-0.05, 0) is 37.2 Å². The number of hydrogen-bond acceptors (Lipinski definition) is 5. The second-order valence-electron chi connectivity index (χ2n) is 3.87. The maximum Gasteiger partial charge on any atom is 0.122 e. The average Bonchev–Trinajstić information content (AvgIpc) is 2.36.